The summed E-state index contributed by atoms with van der Waals surface area (Å²) in [5, 5.41) is 10.8. The highest BCUT2D eigenvalue weighted by Gasteiger charge is 1.97. The molecule has 6 heteroatoms. The molecule has 1 heterocycles. The second-order valence-corrected chi connectivity index (χ2v) is 2.29. The van der Waals surface area contributed by atoms with Crippen LogP contribution in [0.15, 0.2) is 0 Å². The monoisotopic (exact) mass is 239 g/mol. The van der Waals surface area contributed by atoms with Gasteiger partial charge in [-0.3, -0.25) is 3.53 Å². The van der Waals surface area contributed by atoms with Crippen molar-refractivity contribution in [3.8, 4) is 0 Å². The first-order valence-electron chi connectivity index (χ1n) is 2.39. The number of aromatic nitrogens is 4. The molecule has 0 saturated carbocycles. The van der Waals surface area contributed by atoms with Gasteiger partial charge in [-0.15, -0.1) is 5.10 Å². The predicted molar refractivity (Wildman–Crippen MR) is 39.7 cm³/mol. The Labute approximate surface area is 66.3 Å². The minimum Gasteiger partial charge on any atom is -0.253 e. The molecule has 0 bridgehead atoms. The van der Waals surface area contributed by atoms with Crippen molar-refractivity contribution < 1.29 is 0 Å². The molecule has 0 spiro atoms. The fraction of sp³-hybridized carbons (Fsp3) is 0.667. The van der Waals surface area contributed by atoms with Gasteiger partial charge in [0.25, 0.3) is 0 Å². The maximum Gasteiger partial charge on any atom is 0.165 e. The normalized spacial score (nSPS) is 10.0. The van der Waals surface area contributed by atoms with E-state index in [1.54, 1.807) is 4.68 Å². The number of hydrogen-bond donors (Lipinski definition) is 1. The van der Waals surface area contributed by atoms with Crippen LogP contribution in [0.3, 0.4) is 0 Å². The van der Waals surface area contributed by atoms with Gasteiger partial charge in [-0.2, -0.15) is 0 Å². The summed E-state index contributed by atoms with van der Waals surface area (Å²) >= 11 is 2.05. The molecule has 1 aromatic heterocycles. The van der Waals surface area contributed by atoms with Crippen LogP contribution in [-0.2, 0) is 13.6 Å². The lowest BCUT2D eigenvalue weighted by Crippen LogP contribution is -2.05. The summed E-state index contributed by atoms with van der Waals surface area (Å²) in [5.41, 5.74) is 0. The molecule has 0 aromatic carbocycles. The number of rotatable bonds is 2. The highest BCUT2D eigenvalue weighted by atomic mass is 127. The van der Waals surface area contributed by atoms with Gasteiger partial charge >= 0.3 is 0 Å². The summed E-state index contributed by atoms with van der Waals surface area (Å²) in [6.07, 6.45) is 0. The molecule has 0 atom stereocenters. The molecule has 0 aliphatic rings. The molecule has 0 saturated heterocycles. The van der Waals surface area contributed by atoms with E-state index in [4.69, 9.17) is 0 Å². The Hall–Kier alpha value is -0.240. The van der Waals surface area contributed by atoms with E-state index >= 15 is 0 Å². The van der Waals surface area contributed by atoms with E-state index in [1.807, 2.05) is 29.9 Å². The molecule has 1 rings (SSSR count). The van der Waals surface area contributed by atoms with Crippen molar-refractivity contribution in [1.82, 2.24) is 23.7 Å². The van der Waals surface area contributed by atoms with Gasteiger partial charge in [-0.05, 0) is 10.4 Å². The third-order valence-corrected chi connectivity index (χ3v) is 1.31. The highest BCUT2D eigenvalue weighted by molar-refractivity contribution is 14.1. The zero-order valence-electron chi connectivity index (χ0n) is 4.87. The minimum atomic E-state index is 0.698. The van der Waals surface area contributed by atoms with Crippen LogP contribution >= 0.6 is 22.9 Å². The molecule has 50 valence electrons. The number of nitrogens with zero attached hydrogens (tertiary/aromatic N) is 4. The maximum atomic E-state index is 3.74. The lowest BCUT2D eigenvalue weighted by Gasteiger charge is -1.92. The number of aryl methyl sites for hydroxylation is 1. The maximum absolute atomic E-state index is 3.74. The van der Waals surface area contributed by atoms with Crippen LogP contribution < -0.4 is 3.53 Å². The van der Waals surface area contributed by atoms with Gasteiger partial charge in [0.1, 0.15) is 0 Å². The Morgan fingerprint density at radius 1 is 1.78 bits per heavy atom. The van der Waals surface area contributed by atoms with E-state index in [0.29, 0.717) is 6.54 Å². The zero-order chi connectivity index (χ0) is 6.69. The lowest BCUT2D eigenvalue weighted by atomic mass is 10.6. The smallest absolute Gasteiger partial charge is 0.165 e. The molecule has 0 aliphatic carbocycles. The summed E-state index contributed by atoms with van der Waals surface area (Å²) in [7, 11) is 1.81. The molecular formula is C3H6IN5. The largest absolute Gasteiger partial charge is 0.253 e. The molecule has 0 unspecified atom stereocenters. The van der Waals surface area contributed by atoms with Crippen molar-refractivity contribution in [2.45, 2.75) is 6.54 Å². The zero-order valence-corrected chi connectivity index (χ0v) is 7.03. The lowest BCUT2D eigenvalue weighted by molar-refractivity contribution is 0.674. The van der Waals surface area contributed by atoms with Crippen molar-refractivity contribution in [2.75, 3.05) is 0 Å². The third kappa shape index (κ3) is 1.58. The van der Waals surface area contributed by atoms with Gasteiger partial charge < -0.3 is 0 Å². The average Bonchev–Trinajstić information content (AvgIpc) is 2.18. The van der Waals surface area contributed by atoms with Crippen LogP contribution in [0, 0.1) is 0 Å². The highest BCUT2D eigenvalue weighted by Crippen LogP contribution is 1.87. The van der Waals surface area contributed by atoms with E-state index < -0.39 is 0 Å². The van der Waals surface area contributed by atoms with Gasteiger partial charge in [-0.25, -0.2) is 4.68 Å². The van der Waals surface area contributed by atoms with Crippen LogP contribution in [0.25, 0.3) is 0 Å². The average molecular weight is 239 g/mol. The molecule has 0 fully saturated rings. The first-order valence-corrected chi connectivity index (χ1v) is 3.47. The van der Waals surface area contributed by atoms with Gasteiger partial charge in [0, 0.05) is 29.9 Å². The SMILES string of the molecule is Cn1nnnc1CNI. The molecule has 9 heavy (non-hydrogen) atoms. The Balaban J connectivity index is 2.69. The molecule has 0 amide bonds. The summed E-state index contributed by atoms with van der Waals surface area (Å²) in [6.45, 7) is 0.698. The number of tetrazole rings is 1. The first kappa shape index (κ1) is 6.87. The van der Waals surface area contributed by atoms with Crippen LogP contribution in [-0.4, -0.2) is 20.2 Å². The van der Waals surface area contributed by atoms with Gasteiger partial charge in [0.15, 0.2) is 5.82 Å². The summed E-state index contributed by atoms with van der Waals surface area (Å²) < 4.78 is 4.55. The molecule has 1 aromatic rings. The van der Waals surface area contributed by atoms with Crippen LogP contribution in [0.1, 0.15) is 5.82 Å². The second kappa shape index (κ2) is 3.06. The Bertz CT molecular complexity index is 184. The van der Waals surface area contributed by atoms with E-state index in [0.717, 1.165) is 5.82 Å². The molecule has 1 N–H and O–H groups in total. The van der Waals surface area contributed by atoms with Crippen LogP contribution in [0.5, 0.6) is 0 Å². The Kier molecular flexibility index (Phi) is 2.34. The van der Waals surface area contributed by atoms with Gasteiger partial charge in [0.2, 0.25) is 0 Å². The van der Waals surface area contributed by atoms with E-state index in [2.05, 4.69) is 19.1 Å². The number of nitrogens with one attached hydrogen (secondary N) is 1. The van der Waals surface area contributed by atoms with Gasteiger partial charge in [0.05, 0.1) is 6.54 Å². The quantitative estimate of drug-likeness (QED) is 0.566. The summed E-state index contributed by atoms with van der Waals surface area (Å²) in [6, 6.07) is 0. The minimum absolute atomic E-state index is 0.698. The Morgan fingerprint density at radius 3 is 3.00 bits per heavy atom. The van der Waals surface area contributed by atoms with E-state index in [9.17, 15) is 0 Å². The predicted octanol–water partition coefficient (Wildman–Crippen LogP) is -0.350. The summed E-state index contributed by atoms with van der Waals surface area (Å²) in [4.78, 5) is 0. The topological polar surface area (TPSA) is 55.6 Å². The second-order valence-electron chi connectivity index (χ2n) is 1.53. The van der Waals surface area contributed by atoms with Crippen molar-refractivity contribution in [1.29, 1.82) is 0 Å². The first-order chi connectivity index (χ1) is 4.34. The van der Waals surface area contributed by atoms with E-state index in [1.165, 1.54) is 0 Å². The fourth-order valence-corrected chi connectivity index (χ4v) is 0.799. The molecule has 5 nitrogen and oxygen atoms in total. The van der Waals surface area contributed by atoms with Crippen molar-refractivity contribution in [2.24, 2.45) is 7.05 Å². The fourth-order valence-electron chi connectivity index (χ4n) is 0.457. The van der Waals surface area contributed by atoms with Crippen molar-refractivity contribution >= 4 is 22.9 Å². The van der Waals surface area contributed by atoms with Crippen LogP contribution in [0.4, 0.5) is 0 Å². The van der Waals surface area contributed by atoms with Crippen molar-refractivity contribution in [3.05, 3.63) is 5.82 Å². The number of halogens is 1. The number of hydrogen-bond acceptors (Lipinski definition) is 4. The standard InChI is InChI=1S/C3H6IN5/c1-9-3(2-5-4)6-7-8-9/h5H,2H2,1H3. The third-order valence-electron chi connectivity index (χ3n) is 0.933. The van der Waals surface area contributed by atoms with Crippen molar-refractivity contribution in [3.63, 3.8) is 0 Å². The molecule has 0 aliphatic heterocycles. The van der Waals surface area contributed by atoms with E-state index in [-0.39, 0.29) is 0 Å². The molecular weight excluding hydrogens is 233 g/mol. The molecule has 0 radical (unpaired) electrons. The van der Waals surface area contributed by atoms with Gasteiger partial charge in [-0.1, -0.05) is 0 Å². The summed E-state index contributed by atoms with van der Waals surface area (Å²) in [5.74, 6) is 0.837. The Morgan fingerprint density at radius 2 is 2.56 bits per heavy atom. The van der Waals surface area contributed by atoms with Crippen LogP contribution in [0.2, 0.25) is 0 Å².